The number of nitrogens with one attached hydrogen (secondary N) is 3. The third-order valence-corrected chi connectivity index (χ3v) is 8.45. The molecule has 1 saturated heterocycles. The molecule has 1 atom stereocenters. The van der Waals surface area contributed by atoms with Crippen molar-refractivity contribution in [2.45, 2.75) is 51.1 Å². The Hall–Kier alpha value is -3.17. The predicted octanol–water partition coefficient (Wildman–Crippen LogP) is 5.57. The molecule has 0 radical (unpaired) electrons. The van der Waals surface area contributed by atoms with Crippen molar-refractivity contribution >= 4 is 44.2 Å². The van der Waals surface area contributed by atoms with Gasteiger partial charge < -0.3 is 20.5 Å². The van der Waals surface area contributed by atoms with Crippen LogP contribution in [0.2, 0.25) is 0 Å². The van der Waals surface area contributed by atoms with Crippen molar-refractivity contribution < 1.29 is 4.79 Å². The molecule has 8 nitrogen and oxygen atoms in total. The summed E-state index contributed by atoms with van der Waals surface area (Å²) in [6, 6.07) is 10.6. The van der Waals surface area contributed by atoms with Crippen molar-refractivity contribution in [1.82, 2.24) is 25.1 Å². The number of carbonyl (C=O) groups is 1. The molecule has 0 bridgehead atoms. The maximum atomic E-state index is 13.2. The lowest BCUT2D eigenvalue weighted by molar-refractivity contribution is 0.102. The van der Waals surface area contributed by atoms with Crippen LogP contribution in [0.5, 0.6) is 0 Å². The average molecular weight is 577 g/mol. The van der Waals surface area contributed by atoms with Gasteiger partial charge in [-0.1, -0.05) is 43.2 Å². The first-order valence-corrected chi connectivity index (χ1v) is 14.4. The Morgan fingerprint density at radius 2 is 1.95 bits per heavy atom. The first kappa shape index (κ1) is 25.1. The zero-order chi connectivity index (χ0) is 25.9. The monoisotopic (exact) mass is 575 g/mol. The highest BCUT2D eigenvalue weighted by Crippen LogP contribution is 2.39. The maximum Gasteiger partial charge on any atom is 0.258 e. The summed E-state index contributed by atoms with van der Waals surface area (Å²) in [4.78, 5) is 23.5. The Morgan fingerprint density at radius 3 is 2.79 bits per heavy atom. The minimum Gasteiger partial charge on any atom is -0.368 e. The van der Waals surface area contributed by atoms with Gasteiger partial charge in [0.25, 0.3) is 5.91 Å². The summed E-state index contributed by atoms with van der Waals surface area (Å²) in [5.74, 6) is 0.638. The first-order chi connectivity index (χ1) is 18.6. The van der Waals surface area contributed by atoms with Gasteiger partial charge in [0, 0.05) is 37.7 Å². The number of hydrogen-bond donors (Lipinski definition) is 3. The van der Waals surface area contributed by atoms with Gasteiger partial charge in [0.05, 0.1) is 39.5 Å². The molecule has 1 aliphatic heterocycles. The van der Waals surface area contributed by atoms with Gasteiger partial charge in [0.2, 0.25) is 0 Å². The van der Waals surface area contributed by atoms with Crippen LogP contribution in [-0.2, 0) is 6.54 Å². The first-order valence-electron chi connectivity index (χ1n) is 13.7. The normalized spacial score (nSPS) is 18.3. The smallest absolute Gasteiger partial charge is 0.258 e. The molecular formula is C29H34BrN7O. The van der Waals surface area contributed by atoms with Crippen LogP contribution < -0.4 is 15.5 Å². The third kappa shape index (κ3) is 5.49. The number of fused-ring (bicyclic) bond motifs is 1. The molecule has 0 spiro atoms. The van der Waals surface area contributed by atoms with E-state index < -0.39 is 0 Å². The number of hydrogen-bond acceptors (Lipinski definition) is 5. The predicted molar refractivity (Wildman–Crippen MR) is 155 cm³/mol. The minimum atomic E-state index is -0.189. The van der Waals surface area contributed by atoms with Crippen molar-refractivity contribution in [3.8, 4) is 0 Å². The lowest BCUT2D eigenvalue weighted by Crippen LogP contribution is -2.47. The number of nitrogens with zero attached hydrogens (tertiary/aromatic N) is 4. The van der Waals surface area contributed by atoms with E-state index in [-0.39, 0.29) is 5.91 Å². The number of pyridine rings is 1. The van der Waals surface area contributed by atoms with E-state index in [0.717, 1.165) is 64.4 Å². The Morgan fingerprint density at radius 1 is 1.11 bits per heavy atom. The van der Waals surface area contributed by atoms with Crippen LogP contribution in [0.4, 0.5) is 11.4 Å². The molecular weight excluding hydrogens is 542 g/mol. The lowest BCUT2D eigenvalue weighted by atomic mass is 10.0. The standard InChI is InChI=1S/C29H34BrN7O/c30-24-15-32-28-26(27(24)36-12-6-11-23(19-36)31-13-20-7-4-5-8-20)25(16-33-28)35-29(38)22-14-34-37(18-22)17-21-9-2-1-3-10-21/h1-3,9-10,14-16,18,20,23,31H,4-8,11-13,17,19H2,(H,32,33)(H,35,38)/t23-/m1/s1. The molecule has 1 aromatic carbocycles. The van der Waals surface area contributed by atoms with Gasteiger partial charge in [-0.15, -0.1) is 0 Å². The number of aromatic nitrogens is 4. The number of carbonyl (C=O) groups excluding carboxylic acids is 1. The molecule has 2 aliphatic rings. The van der Waals surface area contributed by atoms with Gasteiger partial charge in [-0.2, -0.15) is 5.10 Å². The van der Waals surface area contributed by atoms with Crippen LogP contribution in [0.15, 0.2) is 59.6 Å². The highest BCUT2D eigenvalue weighted by Gasteiger charge is 2.26. The molecule has 38 heavy (non-hydrogen) atoms. The van der Waals surface area contributed by atoms with E-state index in [0.29, 0.717) is 18.2 Å². The second-order valence-electron chi connectivity index (χ2n) is 10.6. The largest absolute Gasteiger partial charge is 0.368 e. The molecule has 6 rings (SSSR count). The van der Waals surface area contributed by atoms with E-state index in [9.17, 15) is 4.79 Å². The van der Waals surface area contributed by atoms with Crippen molar-refractivity contribution in [3.63, 3.8) is 0 Å². The minimum absolute atomic E-state index is 0.189. The molecule has 1 amide bonds. The lowest BCUT2D eigenvalue weighted by Gasteiger charge is -2.36. The van der Waals surface area contributed by atoms with Crippen LogP contribution in [0.3, 0.4) is 0 Å². The highest BCUT2D eigenvalue weighted by atomic mass is 79.9. The van der Waals surface area contributed by atoms with Crippen LogP contribution in [0.25, 0.3) is 11.0 Å². The molecule has 0 unspecified atom stereocenters. The molecule has 9 heteroatoms. The summed E-state index contributed by atoms with van der Waals surface area (Å²) < 4.78 is 2.72. The second-order valence-corrected chi connectivity index (χ2v) is 11.4. The van der Waals surface area contributed by atoms with Gasteiger partial charge >= 0.3 is 0 Å². The fraction of sp³-hybridized carbons (Fsp3) is 0.414. The van der Waals surface area contributed by atoms with Crippen molar-refractivity contribution in [2.75, 3.05) is 29.9 Å². The third-order valence-electron chi connectivity index (χ3n) is 7.87. The van der Waals surface area contributed by atoms with Crippen molar-refractivity contribution in [3.05, 3.63) is 70.7 Å². The fourth-order valence-electron chi connectivity index (χ4n) is 5.89. The number of aromatic amines is 1. The Balaban J connectivity index is 1.19. The van der Waals surface area contributed by atoms with Crippen LogP contribution >= 0.6 is 15.9 Å². The fourth-order valence-corrected chi connectivity index (χ4v) is 6.44. The summed E-state index contributed by atoms with van der Waals surface area (Å²) >= 11 is 3.77. The SMILES string of the molecule is O=C(Nc1c[nH]c2ncc(Br)c(N3CCC[C@@H](NCC4CCCC4)C3)c12)c1cnn(Cc2ccccc2)c1. The Bertz CT molecular complexity index is 1390. The van der Waals surface area contributed by atoms with Crippen LogP contribution in [0.1, 0.15) is 54.4 Å². The summed E-state index contributed by atoms with van der Waals surface area (Å²) in [7, 11) is 0. The van der Waals surface area contributed by atoms with Gasteiger partial charge in [-0.25, -0.2) is 4.98 Å². The number of anilines is 2. The van der Waals surface area contributed by atoms with Crippen molar-refractivity contribution in [1.29, 1.82) is 0 Å². The van der Waals surface area contributed by atoms with E-state index in [1.807, 2.05) is 30.6 Å². The highest BCUT2D eigenvalue weighted by molar-refractivity contribution is 9.10. The molecule has 2 fully saturated rings. The molecule has 4 aromatic rings. The van der Waals surface area contributed by atoms with E-state index in [4.69, 9.17) is 0 Å². The second kappa shape index (κ2) is 11.3. The van der Waals surface area contributed by atoms with E-state index in [2.05, 4.69) is 58.7 Å². The topological polar surface area (TPSA) is 90.9 Å². The summed E-state index contributed by atoms with van der Waals surface area (Å²) in [5.41, 5.74) is 4.23. The van der Waals surface area contributed by atoms with Crippen molar-refractivity contribution in [2.24, 2.45) is 5.92 Å². The number of benzene rings is 1. The summed E-state index contributed by atoms with van der Waals surface area (Å²) in [5, 5.41) is 12.3. The van der Waals surface area contributed by atoms with Gasteiger partial charge in [0.15, 0.2) is 0 Å². The number of amides is 1. The quantitative estimate of drug-likeness (QED) is 0.255. The molecule has 1 saturated carbocycles. The maximum absolute atomic E-state index is 13.2. The Labute approximate surface area is 231 Å². The number of piperidine rings is 1. The zero-order valence-electron chi connectivity index (χ0n) is 21.5. The number of H-pyrrole nitrogens is 1. The van der Waals surface area contributed by atoms with Gasteiger partial charge in [-0.3, -0.25) is 9.48 Å². The number of rotatable bonds is 8. The van der Waals surface area contributed by atoms with E-state index >= 15 is 0 Å². The summed E-state index contributed by atoms with van der Waals surface area (Å²) in [6.07, 6.45) is 14.9. The molecule has 3 aromatic heterocycles. The molecule has 3 N–H and O–H groups in total. The van der Waals surface area contributed by atoms with Gasteiger partial charge in [-0.05, 0) is 59.6 Å². The van der Waals surface area contributed by atoms with Crippen LogP contribution in [-0.4, -0.2) is 51.3 Å². The molecule has 198 valence electrons. The zero-order valence-corrected chi connectivity index (χ0v) is 23.1. The number of halogens is 1. The van der Waals surface area contributed by atoms with Gasteiger partial charge in [0.1, 0.15) is 5.65 Å². The van der Waals surface area contributed by atoms with E-state index in [1.165, 1.54) is 32.1 Å². The molecule has 4 heterocycles. The molecule has 1 aliphatic carbocycles. The van der Waals surface area contributed by atoms with E-state index in [1.54, 1.807) is 17.1 Å². The van der Waals surface area contributed by atoms with Crippen LogP contribution in [0, 0.1) is 5.92 Å². The average Bonchev–Trinajstić information content (AvgIpc) is 3.71. The Kier molecular flexibility index (Phi) is 7.47. The summed E-state index contributed by atoms with van der Waals surface area (Å²) in [6.45, 7) is 3.65.